The molecule has 1 heterocycles. The minimum Gasteiger partial charge on any atom is -0.346 e. The Morgan fingerprint density at radius 2 is 2.24 bits per heavy atom. The maximum Gasteiger partial charge on any atom is 0.269 e. The fourth-order valence-electron chi connectivity index (χ4n) is 1.58. The zero-order valence-corrected chi connectivity index (χ0v) is 12.5. The van der Waals surface area contributed by atoms with Gasteiger partial charge in [-0.3, -0.25) is 9.48 Å². The van der Waals surface area contributed by atoms with Crippen LogP contribution in [0.25, 0.3) is 0 Å². The third-order valence-electron chi connectivity index (χ3n) is 2.70. The van der Waals surface area contributed by atoms with Crippen molar-refractivity contribution in [2.24, 2.45) is 7.05 Å². The summed E-state index contributed by atoms with van der Waals surface area (Å²) in [5, 5.41) is 8.16. The van der Waals surface area contributed by atoms with E-state index in [9.17, 15) is 4.79 Å². The van der Waals surface area contributed by atoms with Crippen molar-refractivity contribution in [3.8, 4) is 0 Å². The van der Waals surface area contributed by atoms with E-state index in [2.05, 4.69) is 26.3 Å². The minimum absolute atomic E-state index is 0.0642. The van der Waals surface area contributed by atoms with Crippen molar-refractivity contribution in [2.75, 3.05) is 5.33 Å². The molecule has 0 aliphatic rings. The lowest BCUT2D eigenvalue weighted by molar-refractivity contribution is 0.0902. The Hall–Kier alpha value is -0.840. The monoisotopic (exact) mass is 301 g/mol. The van der Waals surface area contributed by atoms with Gasteiger partial charge in [-0.2, -0.15) is 5.10 Å². The lowest BCUT2D eigenvalue weighted by Gasteiger charge is -2.25. The molecule has 1 rings (SSSR count). The molecular weight excluding hydrogens is 282 g/mol. The van der Waals surface area contributed by atoms with E-state index < -0.39 is 0 Å². The summed E-state index contributed by atoms with van der Waals surface area (Å²) in [5.41, 5.74) is 1.34. The lowest BCUT2D eigenvalue weighted by Crippen LogP contribution is -2.44. The van der Waals surface area contributed by atoms with Crippen LogP contribution in [0.4, 0.5) is 0 Å². The van der Waals surface area contributed by atoms with Gasteiger partial charge in [0.15, 0.2) is 0 Å². The number of aryl methyl sites for hydroxylation is 2. The van der Waals surface area contributed by atoms with Crippen molar-refractivity contribution in [1.82, 2.24) is 15.1 Å². The van der Waals surface area contributed by atoms with Gasteiger partial charge in [0, 0.05) is 17.9 Å². The van der Waals surface area contributed by atoms with Gasteiger partial charge in [0.1, 0.15) is 5.69 Å². The highest BCUT2D eigenvalue weighted by Crippen LogP contribution is 2.12. The Bertz CT molecular complexity index is 398. The SMILES string of the molecule is CCc1cc(C(=O)NC(C)(C)CCBr)n(C)n1. The molecule has 0 radical (unpaired) electrons. The number of aromatic nitrogens is 2. The highest BCUT2D eigenvalue weighted by Gasteiger charge is 2.22. The molecule has 0 saturated carbocycles. The summed E-state index contributed by atoms with van der Waals surface area (Å²) in [7, 11) is 1.80. The van der Waals surface area contributed by atoms with E-state index in [1.54, 1.807) is 11.7 Å². The fraction of sp³-hybridized carbons (Fsp3) is 0.667. The van der Waals surface area contributed by atoms with Crippen LogP contribution in [0.2, 0.25) is 0 Å². The van der Waals surface area contributed by atoms with Crippen molar-refractivity contribution in [3.05, 3.63) is 17.5 Å². The summed E-state index contributed by atoms with van der Waals surface area (Å²) in [6.45, 7) is 6.06. The maximum absolute atomic E-state index is 12.1. The topological polar surface area (TPSA) is 46.9 Å². The van der Waals surface area contributed by atoms with Crippen LogP contribution >= 0.6 is 15.9 Å². The van der Waals surface area contributed by atoms with Crippen LogP contribution in [0.3, 0.4) is 0 Å². The molecule has 0 spiro atoms. The molecule has 1 amide bonds. The molecular formula is C12H20BrN3O. The Kier molecular flexibility index (Phi) is 4.74. The zero-order chi connectivity index (χ0) is 13.1. The number of nitrogens with zero attached hydrogens (tertiary/aromatic N) is 2. The molecule has 1 N–H and O–H groups in total. The smallest absolute Gasteiger partial charge is 0.269 e. The quantitative estimate of drug-likeness (QED) is 0.848. The van der Waals surface area contributed by atoms with Gasteiger partial charge >= 0.3 is 0 Å². The average molecular weight is 302 g/mol. The number of halogens is 1. The van der Waals surface area contributed by atoms with Crippen molar-refractivity contribution < 1.29 is 4.79 Å². The lowest BCUT2D eigenvalue weighted by atomic mass is 10.0. The van der Waals surface area contributed by atoms with Crippen LogP contribution in [-0.4, -0.2) is 26.6 Å². The van der Waals surface area contributed by atoms with E-state index >= 15 is 0 Å². The summed E-state index contributed by atoms with van der Waals surface area (Å²) in [4.78, 5) is 12.1. The van der Waals surface area contributed by atoms with Gasteiger partial charge in [-0.25, -0.2) is 0 Å². The summed E-state index contributed by atoms with van der Waals surface area (Å²) in [6, 6.07) is 1.85. The Morgan fingerprint density at radius 3 is 2.71 bits per heavy atom. The van der Waals surface area contributed by atoms with E-state index in [1.165, 1.54) is 0 Å². The maximum atomic E-state index is 12.1. The molecule has 0 fully saturated rings. The van der Waals surface area contributed by atoms with E-state index in [1.807, 2.05) is 26.8 Å². The van der Waals surface area contributed by atoms with Crippen LogP contribution in [0.5, 0.6) is 0 Å². The van der Waals surface area contributed by atoms with Crippen molar-refractivity contribution >= 4 is 21.8 Å². The first-order valence-corrected chi connectivity index (χ1v) is 6.93. The number of hydrogen-bond donors (Lipinski definition) is 1. The molecule has 0 aliphatic carbocycles. The molecule has 0 unspecified atom stereocenters. The number of rotatable bonds is 5. The fourth-order valence-corrected chi connectivity index (χ4v) is 2.57. The van der Waals surface area contributed by atoms with Crippen LogP contribution in [0.1, 0.15) is 43.4 Å². The number of nitrogens with one attached hydrogen (secondary N) is 1. The van der Waals surface area contributed by atoms with Gasteiger partial charge in [-0.1, -0.05) is 22.9 Å². The molecule has 17 heavy (non-hydrogen) atoms. The van der Waals surface area contributed by atoms with Crippen LogP contribution in [0.15, 0.2) is 6.07 Å². The first-order valence-electron chi connectivity index (χ1n) is 5.81. The summed E-state index contributed by atoms with van der Waals surface area (Å²) >= 11 is 3.39. The minimum atomic E-state index is -0.211. The summed E-state index contributed by atoms with van der Waals surface area (Å²) in [6.07, 6.45) is 1.73. The number of hydrogen-bond acceptors (Lipinski definition) is 2. The normalized spacial score (nSPS) is 11.6. The Balaban J connectivity index is 2.79. The van der Waals surface area contributed by atoms with E-state index in [-0.39, 0.29) is 11.4 Å². The second-order valence-electron chi connectivity index (χ2n) is 4.78. The number of amides is 1. The first-order chi connectivity index (χ1) is 7.89. The average Bonchev–Trinajstić information content (AvgIpc) is 2.58. The largest absolute Gasteiger partial charge is 0.346 e. The first kappa shape index (κ1) is 14.2. The Labute approximate surface area is 111 Å². The van der Waals surface area contributed by atoms with E-state index in [0.29, 0.717) is 5.69 Å². The molecule has 1 aromatic heterocycles. The third kappa shape index (κ3) is 3.84. The number of carbonyl (C=O) groups excluding carboxylic acids is 1. The van der Waals surface area contributed by atoms with Crippen LogP contribution < -0.4 is 5.32 Å². The number of alkyl halides is 1. The van der Waals surface area contributed by atoms with Crippen LogP contribution in [0, 0.1) is 0 Å². The molecule has 0 atom stereocenters. The molecule has 0 bridgehead atoms. The van der Waals surface area contributed by atoms with Gasteiger partial charge in [-0.05, 0) is 32.8 Å². The molecule has 4 nitrogen and oxygen atoms in total. The Morgan fingerprint density at radius 1 is 1.59 bits per heavy atom. The van der Waals surface area contributed by atoms with Gasteiger partial charge in [0.25, 0.3) is 5.91 Å². The highest BCUT2D eigenvalue weighted by atomic mass is 79.9. The molecule has 5 heteroatoms. The molecule has 0 saturated heterocycles. The molecule has 1 aromatic rings. The second-order valence-corrected chi connectivity index (χ2v) is 5.57. The van der Waals surface area contributed by atoms with Gasteiger partial charge in [0.2, 0.25) is 0 Å². The highest BCUT2D eigenvalue weighted by molar-refractivity contribution is 9.09. The molecule has 0 aliphatic heterocycles. The number of carbonyl (C=O) groups is 1. The van der Waals surface area contributed by atoms with Crippen molar-refractivity contribution in [3.63, 3.8) is 0 Å². The van der Waals surface area contributed by atoms with Crippen molar-refractivity contribution in [2.45, 2.75) is 39.2 Å². The van der Waals surface area contributed by atoms with Crippen LogP contribution in [-0.2, 0) is 13.5 Å². The third-order valence-corrected chi connectivity index (χ3v) is 3.09. The summed E-state index contributed by atoms with van der Waals surface area (Å²) in [5.74, 6) is -0.0642. The predicted molar refractivity (Wildman–Crippen MR) is 72.5 cm³/mol. The molecule has 96 valence electrons. The summed E-state index contributed by atoms with van der Waals surface area (Å²) < 4.78 is 1.64. The predicted octanol–water partition coefficient (Wildman–Crippen LogP) is 2.28. The van der Waals surface area contributed by atoms with Gasteiger partial charge in [0.05, 0.1) is 5.69 Å². The van der Waals surface area contributed by atoms with Gasteiger partial charge in [-0.15, -0.1) is 0 Å². The van der Waals surface area contributed by atoms with Gasteiger partial charge < -0.3 is 5.32 Å². The zero-order valence-electron chi connectivity index (χ0n) is 10.9. The van der Waals surface area contributed by atoms with E-state index in [4.69, 9.17) is 0 Å². The van der Waals surface area contributed by atoms with E-state index in [0.717, 1.165) is 23.9 Å². The molecule has 0 aromatic carbocycles. The van der Waals surface area contributed by atoms with Crippen molar-refractivity contribution in [1.29, 1.82) is 0 Å². The standard InChI is InChI=1S/C12H20BrN3O/c1-5-9-8-10(16(4)15-9)11(17)14-12(2,3)6-7-13/h8H,5-7H2,1-4H3,(H,14,17). The second kappa shape index (κ2) is 5.67.